The minimum absolute atomic E-state index is 0.0889. The fourth-order valence-corrected chi connectivity index (χ4v) is 4.07. The lowest BCUT2D eigenvalue weighted by molar-refractivity contribution is 0.279. The zero-order chi connectivity index (χ0) is 15.4. The number of aliphatic hydroxyl groups is 1. The van der Waals surface area contributed by atoms with Crippen LogP contribution in [0.1, 0.15) is 11.1 Å². The Kier molecular flexibility index (Phi) is 5.19. The molecule has 3 aromatic carbocycles. The van der Waals surface area contributed by atoms with E-state index in [1.807, 2.05) is 12.1 Å². The highest BCUT2D eigenvalue weighted by Crippen LogP contribution is 2.27. The minimum atomic E-state index is 0.0889. The van der Waals surface area contributed by atoms with Crippen molar-refractivity contribution in [2.24, 2.45) is 0 Å². The van der Waals surface area contributed by atoms with Crippen LogP contribution in [0.3, 0.4) is 0 Å². The van der Waals surface area contributed by atoms with Gasteiger partial charge < -0.3 is 5.11 Å². The Labute approximate surface area is 143 Å². The van der Waals surface area contributed by atoms with Crippen LogP contribution >= 0.6 is 27.7 Å². The number of hydrogen-bond acceptors (Lipinski definition) is 2. The van der Waals surface area contributed by atoms with E-state index in [0.29, 0.717) is 0 Å². The number of rotatable bonds is 5. The van der Waals surface area contributed by atoms with E-state index < -0.39 is 0 Å². The Balaban J connectivity index is 1.68. The lowest BCUT2D eigenvalue weighted by atomic mass is 10.1. The Morgan fingerprint density at radius 3 is 2.55 bits per heavy atom. The molecule has 0 unspecified atom stereocenters. The average molecular weight is 373 g/mol. The van der Waals surface area contributed by atoms with Gasteiger partial charge in [0.2, 0.25) is 0 Å². The number of benzene rings is 3. The molecule has 1 nitrogen and oxygen atoms in total. The molecule has 0 atom stereocenters. The van der Waals surface area contributed by atoms with Crippen molar-refractivity contribution in [1.82, 2.24) is 0 Å². The highest BCUT2D eigenvalue weighted by molar-refractivity contribution is 9.10. The summed E-state index contributed by atoms with van der Waals surface area (Å²) in [6.45, 7) is 0.0889. The molecular formula is C19H17BrOS. The number of aliphatic hydroxyl groups excluding tert-OH is 1. The van der Waals surface area contributed by atoms with Crippen LogP contribution in [0.25, 0.3) is 10.8 Å². The summed E-state index contributed by atoms with van der Waals surface area (Å²) in [5, 5.41) is 12.0. The zero-order valence-corrected chi connectivity index (χ0v) is 14.5. The molecule has 1 N–H and O–H groups in total. The lowest BCUT2D eigenvalue weighted by Crippen LogP contribution is -1.92. The van der Waals surface area contributed by atoms with E-state index in [2.05, 4.69) is 64.5 Å². The summed E-state index contributed by atoms with van der Waals surface area (Å²) < 4.78 is 1.05. The topological polar surface area (TPSA) is 20.2 Å². The van der Waals surface area contributed by atoms with Crippen molar-refractivity contribution in [1.29, 1.82) is 0 Å². The third-order valence-electron chi connectivity index (χ3n) is 3.66. The van der Waals surface area contributed by atoms with Gasteiger partial charge in [0.15, 0.2) is 0 Å². The van der Waals surface area contributed by atoms with Crippen LogP contribution in [0.5, 0.6) is 0 Å². The summed E-state index contributed by atoms with van der Waals surface area (Å²) >= 11 is 5.29. The maximum Gasteiger partial charge on any atom is 0.0692 e. The molecule has 0 aromatic heterocycles. The molecule has 0 saturated heterocycles. The van der Waals surface area contributed by atoms with Crippen molar-refractivity contribution in [2.45, 2.75) is 17.9 Å². The molecule has 3 aromatic rings. The van der Waals surface area contributed by atoms with Crippen molar-refractivity contribution in [2.75, 3.05) is 5.75 Å². The first-order chi connectivity index (χ1) is 10.8. The highest BCUT2D eigenvalue weighted by Gasteiger charge is 2.04. The summed E-state index contributed by atoms with van der Waals surface area (Å²) in [5.74, 6) is 1.00. The Hall–Kier alpha value is -1.29. The van der Waals surface area contributed by atoms with Gasteiger partial charge in [0, 0.05) is 15.1 Å². The Morgan fingerprint density at radius 2 is 1.73 bits per heavy atom. The predicted octanol–water partition coefficient (Wildman–Crippen LogP) is 5.43. The number of fused-ring (bicyclic) bond motifs is 1. The molecule has 0 amide bonds. The maximum atomic E-state index is 9.42. The van der Waals surface area contributed by atoms with Crippen LogP contribution in [0.4, 0.5) is 0 Å². The van der Waals surface area contributed by atoms with Crippen molar-refractivity contribution >= 4 is 38.5 Å². The van der Waals surface area contributed by atoms with Gasteiger partial charge in [-0.2, -0.15) is 0 Å². The summed E-state index contributed by atoms with van der Waals surface area (Å²) in [4.78, 5) is 1.15. The quantitative estimate of drug-likeness (QED) is 0.602. The number of aryl methyl sites for hydroxylation is 1. The fourth-order valence-electron chi connectivity index (χ4n) is 2.47. The molecule has 0 fully saturated rings. The lowest BCUT2D eigenvalue weighted by Gasteiger charge is -2.08. The molecule has 0 radical (unpaired) electrons. The Morgan fingerprint density at radius 1 is 0.909 bits per heavy atom. The second-order valence-electron chi connectivity index (χ2n) is 5.19. The smallest absolute Gasteiger partial charge is 0.0692 e. The van der Waals surface area contributed by atoms with E-state index in [1.54, 1.807) is 11.8 Å². The van der Waals surface area contributed by atoms with E-state index in [1.165, 1.54) is 16.3 Å². The predicted molar refractivity (Wildman–Crippen MR) is 98.4 cm³/mol. The van der Waals surface area contributed by atoms with Gasteiger partial charge in [-0.05, 0) is 40.5 Å². The second-order valence-corrected chi connectivity index (χ2v) is 7.24. The van der Waals surface area contributed by atoms with Crippen molar-refractivity contribution < 1.29 is 5.11 Å². The van der Waals surface area contributed by atoms with Crippen LogP contribution in [-0.4, -0.2) is 10.9 Å². The maximum absolute atomic E-state index is 9.42. The molecule has 0 aliphatic heterocycles. The van der Waals surface area contributed by atoms with E-state index in [9.17, 15) is 5.11 Å². The van der Waals surface area contributed by atoms with Crippen molar-refractivity contribution in [3.8, 4) is 0 Å². The first-order valence-electron chi connectivity index (χ1n) is 7.26. The average Bonchev–Trinajstić information content (AvgIpc) is 2.55. The van der Waals surface area contributed by atoms with Crippen LogP contribution in [-0.2, 0) is 13.0 Å². The van der Waals surface area contributed by atoms with E-state index in [4.69, 9.17) is 0 Å². The first-order valence-corrected chi connectivity index (χ1v) is 9.04. The number of thioether (sulfide) groups is 1. The summed E-state index contributed by atoms with van der Waals surface area (Å²) in [5.41, 5.74) is 2.35. The van der Waals surface area contributed by atoms with Crippen LogP contribution in [0, 0.1) is 0 Å². The van der Waals surface area contributed by atoms with Crippen molar-refractivity contribution in [3.05, 3.63) is 76.3 Å². The van der Waals surface area contributed by atoms with Crippen LogP contribution in [0.15, 0.2) is 70.0 Å². The molecule has 0 aliphatic carbocycles. The van der Waals surface area contributed by atoms with Crippen LogP contribution < -0.4 is 0 Å². The molecule has 22 heavy (non-hydrogen) atoms. The summed E-state index contributed by atoms with van der Waals surface area (Å²) in [7, 11) is 0. The van der Waals surface area contributed by atoms with E-state index in [0.717, 1.165) is 27.1 Å². The molecule has 0 spiro atoms. The minimum Gasteiger partial charge on any atom is -0.392 e. The SMILES string of the molecule is OCc1ccc(Br)cc1SCCc1ccc2ccccc2c1. The molecule has 0 heterocycles. The van der Waals surface area contributed by atoms with Gasteiger partial charge >= 0.3 is 0 Å². The van der Waals surface area contributed by atoms with Gasteiger partial charge in [-0.1, -0.05) is 64.5 Å². The molecule has 0 aliphatic rings. The van der Waals surface area contributed by atoms with E-state index >= 15 is 0 Å². The van der Waals surface area contributed by atoms with Gasteiger partial charge in [0.05, 0.1) is 6.61 Å². The molecule has 0 bridgehead atoms. The van der Waals surface area contributed by atoms with Crippen LogP contribution in [0.2, 0.25) is 0 Å². The first kappa shape index (κ1) is 15.6. The molecule has 3 rings (SSSR count). The van der Waals surface area contributed by atoms with Crippen molar-refractivity contribution in [3.63, 3.8) is 0 Å². The monoisotopic (exact) mass is 372 g/mol. The van der Waals surface area contributed by atoms with Gasteiger partial charge in [0.25, 0.3) is 0 Å². The second kappa shape index (κ2) is 7.32. The molecule has 0 saturated carbocycles. The highest BCUT2D eigenvalue weighted by atomic mass is 79.9. The standard InChI is InChI=1S/C19H17BrOS/c20-18-8-7-17(13-21)19(12-18)22-10-9-14-5-6-15-3-1-2-4-16(15)11-14/h1-8,11-12,21H,9-10,13H2. The van der Waals surface area contributed by atoms with Gasteiger partial charge in [-0.25, -0.2) is 0 Å². The number of halogens is 1. The summed E-state index contributed by atoms with van der Waals surface area (Å²) in [6, 6.07) is 21.1. The third-order valence-corrected chi connectivity index (χ3v) is 5.25. The molecule has 3 heteroatoms. The normalized spacial score (nSPS) is 11.0. The van der Waals surface area contributed by atoms with E-state index in [-0.39, 0.29) is 6.61 Å². The molecular weight excluding hydrogens is 356 g/mol. The summed E-state index contributed by atoms with van der Waals surface area (Å²) in [6.07, 6.45) is 1.02. The third kappa shape index (κ3) is 3.72. The van der Waals surface area contributed by atoms with Gasteiger partial charge in [0.1, 0.15) is 0 Å². The Bertz CT molecular complexity index is 785. The molecule has 112 valence electrons. The van der Waals surface area contributed by atoms with Gasteiger partial charge in [-0.3, -0.25) is 0 Å². The van der Waals surface area contributed by atoms with Gasteiger partial charge in [-0.15, -0.1) is 11.8 Å². The number of hydrogen-bond donors (Lipinski definition) is 1. The largest absolute Gasteiger partial charge is 0.392 e. The fraction of sp³-hybridized carbons (Fsp3) is 0.158. The zero-order valence-electron chi connectivity index (χ0n) is 12.1.